The lowest BCUT2D eigenvalue weighted by Gasteiger charge is -2.10. The minimum atomic E-state index is -4.95. The van der Waals surface area contributed by atoms with E-state index in [1.165, 1.54) is 0 Å². The van der Waals surface area contributed by atoms with Crippen LogP contribution in [0, 0.1) is 0 Å². The molecule has 0 saturated carbocycles. The summed E-state index contributed by atoms with van der Waals surface area (Å²) < 4.78 is 39.1. The maximum Gasteiger partial charge on any atom is 0.573 e. The van der Waals surface area contributed by atoms with E-state index < -0.39 is 24.3 Å². The first-order chi connectivity index (χ1) is 7.37. The van der Waals surface area contributed by atoms with Gasteiger partial charge in [-0.15, -0.1) is 13.2 Å². The Morgan fingerprint density at radius 3 is 2.56 bits per heavy atom. The second-order valence-electron chi connectivity index (χ2n) is 2.88. The van der Waals surface area contributed by atoms with Gasteiger partial charge < -0.3 is 20.6 Å². The van der Waals surface area contributed by atoms with Crippen molar-refractivity contribution in [2.45, 2.75) is 19.5 Å². The molecule has 8 heteroatoms. The first-order valence-electron chi connectivity index (χ1n) is 4.19. The molecule has 0 unspecified atom stereocenters. The number of aliphatic hydroxyl groups excluding tert-OH is 1. The molecule has 90 valence electrons. The van der Waals surface area contributed by atoms with Crippen LogP contribution in [0.4, 0.5) is 13.2 Å². The third-order valence-electron chi connectivity index (χ3n) is 1.78. The Bertz CT molecular complexity index is 428. The Kier molecular flexibility index (Phi) is 3.55. The summed E-state index contributed by atoms with van der Waals surface area (Å²) in [5, 5.41) is 8.85. The van der Waals surface area contributed by atoms with Gasteiger partial charge in [0.05, 0.1) is 6.61 Å². The Hall–Kier alpha value is -1.54. The highest BCUT2D eigenvalue weighted by atomic mass is 19.4. The minimum Gasteiger partial charge on any atom is -0.400 e. The number of pyridine rings is 1. The smallest absolute Gasteiger partial charge is 0.400 e. The average Bonchev–Trinajstić information content (AvgIpc) is 2.18. The number of aromatic nitrogens is 1. The van der Waals surface area contributed by atoms with E-state index in [0.29, 0.717) is 0 Å². The molecule has 4 N–H and O–H groups in total. The van der Waals surface area contributed by atoms with Gasteiger partial charge in [-0.1, -0.05) is 0 Å². The number of rotatable bonds is 3. The molecule has 0 aliphatic heterocycles. The number of hydrogen-bond acceptors (Lipinski definition) is 4. The number of ether oxygens (including phenoxy) is 1. The van der Waals surface area contributed by atoms with Crippen molar-refractivity contribution in [2.24, 2.45) is 5.73 Å². The number of aromatic amines is 1. The van der Waals surface area contributed by atoms with Crippen LogP contribution >= 0.6 is 0 Å². The molecule has 0 aliphatic carbocycles. The highest BCUT2D eigenvalue weighted by molar-refractivity contribution is 5.29. The number of hydrogen-bond donors (Lipinski definition) is 3. The summed E-state index contributed by atoms with van der Waals surface area (Å²) >= 11 is 0. The molecule has 1 heterocycles. The fourth-order valence-electron chi connectivity index (χ4n) is 1.11. The molecule has 0 radical (unpaired) electrons. The van der Waals surface area contributed by atoms with Gasteiger partial charge in [0.15, 0.2) is 5.75 Å². The lowest BCUT2D eigenvalue weighted by Crippen LogP contribution is -2.24. The number of aliphatic hydroxyl groups is 1. The van der Waals surface area contributed by atoms with Gasteiger partial charge in [-0.2, -0.15) is 0 Å². The van der Waals surface area contributed by atoms with E-state index in [1.807, 2.05) is 0 Å². The first kappa shape index (κ1) is 12.5. The van der Waals surface area contributed by atoms with E-state index in [0.717, 1.165) is 6.07 Å². The molecule has 0 amide bonds. The summed E-state index contributed by atoms with van der Waals surface area (Å²) in [4.78, 5) is 13.2. The van der Waals surface area contributed by atoms with Crippen LogP contribution in [0.5, 0.6) is 5.75 Å². The zero-order valence-electron chi connectivity index (χ0n) is 7.97. The molecule has 1 aromatic heterocycles. The summed E-state index contributed by atoms with van der Waals surface area (Å²) in [6.45, 7) is -0.644. The molecule has 1 aromatic rings. The summed E-state index contributed by atoms with van der Waals surface area (Å²) in [7, 11) is 0. The number of H-pyrrole nitrogens is 1. The van der Waals surface area contributed by atoms with Crippen molar-refractivity contribution in [3.05, 3.63) is 27.7 Å². The largest absolute Gasteiger partial charge is 0.573 e. The molecule has 5 nitrogen and oxygen atoms in total. The fraction of sp³-hybridized carbons (Fsp3) is 0.375. The molecule has 0 aliphatic rings. The summed E-state index contributed by atoms with van der Waals surface area (Å²) in [5.74, 6) is -0.922. The van der Waals surface area contributed by atoms with E-state index in [-0.39, 0.29) is 17.8 Å². The Labute approximate surface area is 87.7 Å². The van der Waals surface area contributed by atoms with Gasteiger partial charge in [0.25, 0.3) is 5.56 Å². The molecule has 1 rings (SSSR count). The normalized spacial score (nSPS) is 11.6. The van der Waals surface area contributed by atoms with Gasteiger partial charge in [-0.3, -0.25) is 4.79 Å². The minimum absolute atomic E-state index is 0.0846. The van der Waals surface area contributed by atoms with Crippen molar-refractivity contribution >= 4 is 0 Å². The topological polar surface area (TPSA) is 88.3 Å². The van der Waals surface area contributed by atoms with Crippen LogP contribution in [-0.2, 0) is 13.2 Å². The lowest BCUT2D eigenvalue weighted by atomic mass is 10.2. The van der Waals surface area contributed by atoms with Crippen molar-refractivity contribution in [2.75, 3.05) is 0 Å². The third-order valence-corrected chi connectivity index (χ3v) is 1.78. The van der Waals surface area contributed by atoms with Crippen LogP contribution < -0.4 is 16.0 Å². The fourth-order valence-corrected chi connectivity index (χ4v) is 1.11. The van der Waals surface area contributed by atoms with Gasteiger partial charge in [0.2, 0.25) is 0 Å². The molecule has 0 saturated heterocycles. The van der Waals surface area contributed by atoms with E-state index in [4.69, 9.17) is 10.8 Å². The molecule has 0 bridgehead atoms. The van der Waals surface area contributed by atoms with Gasteiger partial charge in [-0.05, 0) is 6.07 Å². The maximum absolute atomic E-state index is 11.9. The van der Waals surface area contributed by atoms with E-state index in [1.54, 1.807) is 0 Å². The monoisotopic (exact) mass is 238 g/mol. The number of alkyl halides is 3. The number of nitrogens with two attached hydrogens (primary N) is 1. The van der Waals surface area contributed by atoms with Crippen molar-refractivity contribution in [1.29, 1.82) is 0 Å². The van der Waals surface area contributed by atoms with Gasteiger partial charge >= 0.3 is 6.36 Å². The summed E-state index contributed by atoms with van der Waals surface area (Å²) in [6.07, 6.45) is -4.95. The number of halogens is 3. The van der Waals surface area contributed by atoms with Crippen LogP contribution in [0.1, 0.15) is 11.3 Å². The molecule has 0 spiro atoms. The first-order valence-corrected chi connectivity index (χ1v) is 4.19. The zero-order valence-corrected chi connectivity index (χ0v) is 7.97. The lowest BCUT2D eigenvalue weighted by molar-refractivity contribution is -0.275. The van der Waals surface area contributed by atoms with Crippen LogP contribution in [-0.4, -0.2) is 16.5 Å². The highest BCUT2D eigenvalue weighted by Crippen LogP contribution is 2.20. The van der Waals surface area contributed by atoms with Crippen LogP contribution in [0.2, 0.25) is 0 Å². The predicted octanol–water partition coefficient (Wildman–Crippen LogP) is 0.225. The van der Waals surface area contributed by atoms with Gasteiger partial charge in [-0.25, -0.2) is 0 Å². The molecular formula is C8H9F3N2O3. The standard InChI is InChI=1S/C8H9F3N2O3/c9-8(10,11)16-6-1-4(3-14)5(2-12)13-7(6)15/h1,14H,2-3,12H2,(H,13,15). The molecule has 0 atom stereocenters. The summed E-state index contributed by atoms with van der Waals surface area (Å²) in [6, 6.07) is 0.814. The highest BCUT2D eigenvalue weighted by Gasteiger charge is 2.32. The van der Waals surface area contributed by atoms with Gasteiger partial charge in [0, 0.05) is 17.8 Å². The van der Waals surface area contributed by atoms with Crippen molar-refractivity contribution in [3.63, 3.8) is 0 Å². The van der Waals surface area contributed by atoms with E-state index in [9.17, 15) is 18.0 Å². The molecular weight excluding hydrogens is 229 g/mol. The molecule has 0 aromatic carbocycles. The van der Waals surface area contributed by atoms with E-state index in [2.05, 4.69) is 9.72 Å². The molecule has 0 fully saturated rings. The van der Waals surface area contributed by atoms with Crippen LogP contribution in [0.3, 0.4) is 0 Å². The summed E-state index contributed by atoms with van der Waals surface area (Å²) in [5.41, 5.74) is 4.43. The average molecular weight is 238 g/mol. The van der Waals surface area contributed by atoms with Crippen molar-refractivity contribution in [3.8, 4) is 5.75 Å². The third kappa shape index (κ3) is 2.97. The molecule has 16 heavy (non-hydrogen) atoms. The number of nitrogens with one attached hydrogen (secondary N) is 1. The second kappa shape index (κ2) is 4.54. The van der Waals surface area contributed by atoms with Crippen molar-refractivity contribution < 1.29 is 23.0 Å². The quantitative estimate of drug-likeness (QED) is 0.703. The zero-order chi connectivity index (χ0) is 12.3. The Morgan fingerprint density at radius 1 is 1.50 bits per heavy atom. The second-order valence-corrected chi connectivity index (χ2v) is 2.88. The Morgan fingerprint density at radius 2 is 2.12 bits per heavy atom. The predicted molar refractivity (Wildman–Crippen MR) is 47.6 cm³/mol. The van der Waals surface area contributed by atoms with Gasteiger partial charge in [0.1, 0.15) is 0 Å². The maximum atomic E-state index is 11.9. The van der Waals surface area contributed by atoms with Crippen molar-refractivity contribution in [1.82, 2.24) is 4.98 Å². The SMILES string of the molecule is NCc1[nH]c(=O)c(OC(F)(F)F)cc1CO. The Balaban J connectivity index is 3.17. The van der Waals surface area contributed by atoms with Crippen LogP contribution in [0.15, 0.2) is 10.9 Å². The van der Waals surface area contributed by atoms with E-state index >= 15 is 0 Å². The van der Waals surface area contributed by atoms with Crippen LogP contribution in [0.25, 0.3) is 0 Å².